The van der Waals surface area contributed by atoms with Crippen molar-refractivity contribution in [2.75, 3.05) is 13.6 Å². The predicted molar refractivity (Wildman–Crippen MR) is 76.0 cm³/mol. The third-order valence-corrected chi connectivity index (χ3v) is 3.18. The molecule has 0 saturated heterocycles. The van der Waals surface area contributed by atoms with Crippen LogP contribution in [0.5, 0.6) is 0 Å². The maximum Gasteiger partial charge on any atom is 0.237 e. The van der Waals surface area contributed by atoms with Crippen LogP contribution in [0.4, 0.5) is 0 Å². The zero-order valence-corrected chi connectivity index (χ0v) is 12.1. The van der Waals surface area contributed by atoms with Gasteiger partial charge in [0, 0.05) is 19.0 Å². The fraction of sp³-hybridized carbons (Fsp3) is 0.833. The molecule has 0 rings (SSSR count). The molecule has 0 aliphatic carbocycles. The quantitative estimate of drug-likeness (QED) is 0.509. The van der Waals surface area contributed by atoms with E-state index in [9.17, 15) is 4.79 Å². The summed E-state index contributed by atoms with van der Waals surface area (Å²) >= 11 is 4.88. The van der Waals surface area contributed by atoms with Crippen molar-refractivity contribution in [1.29, 1.82) is 0 Å². The molecule has 0 aromatic carbocycles. The number of nitrogens with one attached hydrogen (secondary N) is 1. The number of hydrogen-bond acceptors (Lipinski definition) is 3. The zero-order valence-electron chi connectivity index (χ0n) is 11.3. The molecule has 17 heavy (non-hydrogen) atoms. The van der Waals surface area contributed by atoms with Gasteiger partial charge < -0.3 is 11.1 Å². The Morgan fingerprint density at radius 3 is 2.53 bits per heavy atom. The summed E-state index contributed by atoms with van der Waals surface area (Å²) in [5, 5.41) is 2.93. The minimum absolute atomic E-state index is 0.0655. The van der Waals surface area contributed by atoms with Crippen LogP contribution < -0.4 is 11.1 Å². The van der Waals surface area contributed by atoms with Crippen molar-refractivity contribution in [3.05, 3.63) is 0 Å². The molecule has 5 heteroatoms. The van der Waals surface area contributed by atoms with E-state index in [0.717, 1.165) is 19.4 Å². The highest BCUT2D eigenvalue weighted by molar-refractivity contribution is 7.80. The Morgan fingerprint density at radius 2 is 2.06 bits per heavy atom. The van der Waals surface area contributed by atoms with Crippen molar-refractivity contribution >= 4 is 23.1 Å². The minimum Gasteiger partial charge on any atom is -0.393 e. The van der Waals surface area contributed by atoms with Crippen LogP contribution in [0.1, 0.15) is 40.0 Å². The van der Waals surface area contributed by atoms with Crippen molar-refractivity contribution in [3.8, 4) is 0 Å². The molecule has 1 amide bonds. The maximum absolute atomic E-state index is 11.8. The van der Waals surface area contributed by atoms with Crippen LogP contribution in [0.15, 0.2) is 0 Å². The summed E-state index contributed by atoms with van der Waals surface area (Å²) in [6.45, 7) is 6.77. The second kappa shape index (κ2) is 8.42. The van der Waals surface area contributed by atoms with Crippen molar-refractivity contribution in [3.63, 3.8) is 0 Å². The molecule has 0 spiro atoms. The number of hydrogen-bond donors (Lipinski definition) is 2. The first-order valence-corrected chi connectivity index (χ1v) is 6.58. The van der Waals surface area contributed by atoms with Gasteiger partial charge >= 0.3 is 0 Å². The first-order chi connectivity index (χ1) is 7.90. The molecule has 0 aliphatic rings. The summed E-state index contributed by atoms with van der Waals surface area (Å²) in [7, 11) is 1.92. The number of likely N-dealkylation sites (N-methyl/N-ethyl adjacent to an activating group) is 1. The zero-order chi connectivity index (χ0) is 13.4. The van der Waals surface area contributed by atoms with E-state index in [1.165, 1.54) is 0 Å². The van der Waals surface area contributed by atoms with Gasteiger partial charge in [-0.2, -0.15) is 0 Å². The van der Waals surface area contributed by atoms with Crippen LogP contribution in [-0.4, -0.2) is 41.5 Å². The molecule has 0 bridgehead atoms. The largest absolute Gasteiger partial charge is 0.393 e. The Hall–Kier alpha value is -0.680. The molecular formula is C12H25N3OS. The Labute approximate surface area is 110 Å². The highest BCUT2D eigenvalue weighted by atomic mass is 32.1. The molecule has 0 radical (unpaired) electrons. The normalized spacial score (nSPS) is 14.4. The molecule has 0 aromatic heterocycles. The van der Waals surface area contributed by atoms with Crippen LogP contribution in [0.2, 0.25) is 0 Å². The van der Waals surface area contributed by atoms with E-state index >= 15 is 0 Å². The lowest BCUT2D eigenvalue weighted by Crippen LogP contribution is -2.47. The monoisotopic (exact) mass is 259 g/mol. The van der Waals surface area contributed by atoms with Gasteiger partial charge in [-0.05, 0) is 27.3 Å². The van der Waals surface area contributed by atoms with Crippen LogP contribution in [-0.2, 0) is 4.79 Å². The third kappa shape index (κ3) is 6.58. The molecule has 2 atom stereocenters. The second-order valence-corrected chi connectivity index (χ2v) is 5.03. The van der Waals surface area contributed by atoms with Gasteiger partial charge in [0.25, 0.3) is 0 Å². The highest BCUT2D eigenvalue weighted by Crippen LogP contribution is 2.06. The summed E-state index contributed by atoms with van der Waals surface area (Å²) in [5.41, 5.74) is 5.51. The van der Waals surface area contributed by atoms with Gasteiger partial charge in [-0.3, -0.25) is 9.69 Å². The number of unbranched alkanes of at least 4 members (excludes halogenated alkanes) is 1. The molecule has 0 saturated carbocycles. The van der Waals surface area contributed by atoms with Crippen molar-refractivity contribution in [2.24, 2.45) is 5.73 Å². The number of amides is 1. The molecule has 2 unspecified atom stereocenters. The van der Waals surface area contributed by atoms with Gasteiger partial charge in [-0.25, -0.2) is 0 Å². The van der Waals surface area contributed by atoms with Gasteiger partial charge in [0.2, 0.25) is 5.91 Å². The number of rotatable bonds is 8. The average molecular weight is 259 g/mol. The van der Waals surface area contributed by atoms with E-state index in [4.69, 9.17) is 18.0 Å². The second-order valence-electron chi connectivity index (χ2n) is 4.51. The van der Waals surface area contributed by atoms with E-state index in [-0.39, 0.29) is 18.0 Å². The highest BCUT2D eigenvalue weighted by Gasteiger charge is 2.22. The van der Waals surface area contributed by atoms with Crippen LogP contribution in [0.3, 0.4) is 0 Å². The lowest BCUT2D eigenvalue weighted by molar-refractivity contribution is -0.126. The number of carbonyl (C=O) groups is 1. The molecule has 0 heterocycles. The minimum atomic E-state index is -0.156. The van der Waals surface area contributed by atoms with Gasteiger partial charge in [0.05, 0.1) is 11.0 Å². The SMILES string of the molecule is CCCCNC(=O)C(C)N(C)C(C)CC(N)=S. The molecule has 4 nitrogen and oxygen atoms in total. The van der Waals surface area contributed by atoms with E-state index in [0.29, 0.717) is 11.4 Å². The molecule has 3 N–H and O–H groups in total. The summed E-state index contributed by atoms with van der Waals surface area (Å²) in [6, 6.07) is 0.0237. The van der Waals surface area contributed by atoms with E-state index < -0.39 is 0 Å². The summed E-state index contributed by atoms with van der Waals surface area (Å²) < 4.78 is 0. The molecule has 100 valence electrons. The molecule has 0 fully saturated rings. The molecular weight excluding hydrogens is 234 g/mol. The van der Waals surface area contributed by atoms with E-state index in [1.807, 2.05) is 25.8 Å². The smallest absolute Gasteiger partial charge is 0.237 e. The lowest BCUT2D eigenvalue weighted by atomic mass is 10.1. The molecule has 0 aliphatic heterocycles. The number of carbonyl (C=O) groups excluding carboxylic acids is 1. The standard InChI is InChI=1S/C12H25N3OS/c1-5-6-7-14-12(16)10(3)15(4)9(2)8-11(13)17/h9-10H,5-8H2,1-4H3,(H2,13,17)(H,14,16). The summed E-state index contributed by atoms with van der Waals surface area (Å²) in [5.74, 6) is 0.0655. The van der Waals surface area contributed by atoms with Gasteiger partial charge in [-0.1, -0.05) is 25.6 Å². The maximum atomic E-state index is 11.8. The fourth-order valence-corrected chi connectivity index (χ4v) is 1.78. The van der Waals surface area contributed by atoms with Crippen LogP contribution in [0, 0.1) is 0 Å². The molecule has 0 aromatic rings. The van der Waals surface area contributed by atoms with Crippen molar-refractivity contribution in [1.82, 2.24) is 10.2 Å². The van der Waals surface area contributed by atoms with Gasteiger partial charge in [0.15, 0.2) is 0 Å². The Balaban J connectivity index is 4.13. The number of nitrogens with zero attached hydrogens (tertiary/aromatic N) is 1. The Bertz CT molecular complexity index is 258. The Kier molecular flexibility index (Phi) is 8.08. The number of nitrogens with two attached hydrogens (primary N) is 1. The topological polar surface area (TPSA) is 58.4 Å². The van der Waals surface area contributed by atoms with E-state index in [1.54, 1.807) is 0 Å². The van der Waals surface area contributed by atoms with E-state index in [2.05, 4.69) is 12.2 Å². The Morgan fingerprint density at radius 1 is 1.47 bits per heavy atom. The average Bonchev–Trinajstić information content (AvgIpc) is 2.26. The first-order valence-electron chi connectivity index (χ1n) is 6.18. The number of thiocarbonyl (C=S) groups is 1. The van der Waals surface area contributed by atoms with Crippen molar-refractivity contribution < 1.29 is 4.79 Å². The van der Waals surface area contributed by atoms with Gasteiger partial charge in [-0.15, -0.1) is 0 Å². The van der Waals surface area contributed by atoms with Crippen LogP contribution in [0.25, 0.3) is 0 Å². The fourth-order valence-electron chi connectivity index (χ4n) is 1.54. The predicted octanol–water partition coefficient (Wildman–Crippen LogP) is 1.29. The van der Waals surface area contributed by atoms with Crippen LogP contribution >= 0.6 is 12.2 Å². The van der Waals surface area contributed by atoms with Gasteiger partial charge in [0.1, 0.15) is 0 Å². The first kappa shape index (κ1) is 16.3. The third-order valence-electron chi connectivity index (χ3n) is 3.01. The van der Waals surface area contributed by atoms with Crippen molar-refractivity contribution in [2.45, 2.75) is 52.1 Å². The summed E-state index contributed by atoms with van der Waals surface area (Å²) in [6.07, 6.45) is 2.74. The summed E-state index contributed by atoms with van der Waals surface area (Å²) in [4.78, 5) is 14.3. The lowest BCUT2D eigenvalue weighted by Gasteiger charge is -2.29.